The number of nitrogens with one attached hydrogen (secondary N) is 1. The molecule has 1 N–H and O–H groups in total. The summed E-state index contributed by atoms with van der Waals surface area (Å²) in [6.07, 6.45) is 7.69. The number of rotatable bonds is 6. The first-order valence-corrected chi connectivity index (χ1v) is 11.0. The Labute approximate surface area is 156 Å². The minimum Gasteiger partial charge on any atom is -0.496 e. The second kappa shape index (κ2) is 8.39. The maximum atomic E-state index is 12.7. The molecule has 0 unspecified atom stereocenters. The van der Waals surface area contributed by atoms with Crippen molar-refractivity contribution in [2.75, 3.05) is 26.7 Å². The molecule has 1 heterocycles. The predicted octanol–water partition coefficient (Wildman–Crippen LogP) is 2.79. The number of sulfonamides is 1. The Morgan fingerprint density at radius 1 is 1.15 bits per heavy atom. The molecular weight excluding hydrogens is 352 g/mol. The summed E-state index contributed by atoms with van der Waals surface area (Å²) < 4.78 is 33.4. The van der Waals surface area contributed by atoms with Gasteiger partial charge in [0.2, 0.25) is 10.0 Å². The molecule has 0 bridgehead atoms. The highest BCUT2D eigenvalue weighted by molar-refractivity contribution is 7.89. The molecule has 3 rings (SSSR count). The van der Waals surface area contributed by atoms with Crippen LogP contribution in [0.2, 0.25) is 0 Å². The van der Waals surface area contributed by atoms with Crippen molar-refractivity contribution in [3.05, 3.63) is 23.8 Å². The zero-order valence-electron chi connectivity index (χ0n) is 15.4. The van der Waals surface area contributed by atoms with Crippen LogP contribution < -0.4 is 9.46 Å². The fourth-order valence-electron chi connectivity index (χ4n) is 3.81. The van der Waals surface area contributed by atoms with Crippen LogP contribution >= 0.6 is 0 Å². The van der Waals surface area contributed by atoms with Crippen molar-refractivity contribution < 1.29 is 17.9 Å². The van der Waals surface area contributed by atoms with Crippen molar-refractivity contribution in [1.82, 2.24) is 9.62 Å². The first kappa shape index (κ1) is 19.2. The van der Waals surface area contributed by atoms with E-state index in [1.807, 2.05) is 0 Å². The number of benzene rings is 1. The molecule has 1 aromatic carbocycles. The van der Waals surface area contributed by atoms with Gasteiger partial charge in [-0.1, -0.05) is 19.3 Å². The third kappa shape index (κ3) is 4.38. The van der Waals surface area contributed by atoms with Crippen molar-refractivity contribution in [3.8, 4) is 5.75 Å². The molecule has 1 aliphatic carbocycles. The Morgan fingerprint density at radius 2 is 1.85 bits per heavy atom. The number of methoxy groups -OCH3 is 1. The average Bonchev–Trinajstić information content (AvgIpc) is 3.21. The summed E-state index contributed by atoms with van der Waals surface area (Å²) in [6, 6.07) is 4.52. The van der Waals surface area contributed by atoms with E-state index in [-0.39, 0.29) is 10.8 Å². The van der Waals surface area contributed by atoms with Gasteiger partial charge >= 0.3 is 0 Å². The first-order chi connectivity index (χ1) is 12.5. The summed E-state index contributed by atoms with van der Waals surface area (Å²) in [5.74, 6) is 0.652. The van der Waals surface area contributed by atoms with Crippen LogP contribution in [0.4, 0.5) is 0 Å². The van der Waals surface area contributed by atoms with Gasteiger partial charge in [-0.15, -0.1) is 0 Å². The number of ether oxygens (including phenoxy) is 1. The van der Waals surface area contributed by atoms with Crippen LogP contribution in [-0.2, 0) is 10.0 Å². The second-order valence-corrected chi connectivity index (χ2v) is 8.98. The lowest BCUT2D eigenvalue weighted by molar-refractivity contribution is 0.0789. The third-order valence-corrected chi connectivity index (χ3v) is 6.81. The quantitative estimate of drug-likeness (QED) is 0.823. The Kier molecular flexibility index (Phi) is 6.19. The fraction of sp³-hybridized carbons (Fsp3) is 0.632. The van der Waals surface area contributed by atoms with E-state index in [4.69, 9.17) is 4.74 Å². The molecule has 1 saturated heterocycles. The minimum absolute atomic E-state index is 0.122. The lowest BCUT2D eigenvalue weighted by Crippen LogP contribution is -2.31. The average molecular weight is 381 g/mol. The summed E-state index contributed by atoms with van der Waals surface area (Å²) in [6.45, 7) is 1.88. The molecule has 0 radical (unpaired) electrons. The summed E-state index contributed by atoms with van der Waals surface area (Å²) in [7, 11) is -2.15. The van der Waals surface area contributed by atoms with E-state index in [0.717, 1.165) is 25.7 Å². The molecule has 1 aliphatic heterocycles. The second-order valence-electron chi connectivity index (χ2n) is 7.22. The van der Waals surface area contributed by atoms with Crippen LogP contribution in [0.1, 0.15) is 55.3 Å². The summed E-state index contributed by atoms with van der Waals surface area (Å²) >= 11 is 0. The highest BCUT2D eigenvalue weighted by Gasteiger charge is 2.25. The monoisotopic (exact) mass is 380 g/mol. The molecule has 1 saturated carbocycles. The van der Waals surface area contributed by atoms with Gasteiger partial charge in [-0.3, -0.25) is 4.79 Å². The number of likely N-dealkylation sites (tertiary alicyclic amines) is 1. The Hall–Kier alpha value is -1.60. The van der Waals surface area contributed by atoms with Crippen molar-refractivity contribution in [1.29, 1.82) is 0 Å². The molecule has 26 heavy (non-hydrogen) atoms. The van der Waals surface area contributed by atoms with Crippen molar-refractivity contribution >= 4 is 15.9 Å². The maximum absolute atomic E-state index is 12.7. The van der Waals surface area contributed by atoms with E-state index < -0.39 is 10.0 Å². The topological polar surface area (TPSA) is 75.7 Å². The molecule has 7 heteroatoms. The normalized spacial score (nSPS) is 18.9. The molecule has 144 valence electrons. The standard InChI is InChI=1S/C19H28N2O4S/c1-25-18-10-9-16(13-17(18)19(22)21-11-5-6-12-21)26(23,24)20-14-15-7-3-2-4-8-15/h9-10,13,15,20H,2-8,11-12,14H2,1H3. The Bertz CT molecular complexity index is 736. The predicted molar refractivity (Wildman–Crippen MR) is 99.9 cm³/mol. The lowest BCUT2D eigenvalue weighted by atomic mass is 9.90. The number of hydrogen-bond donors (Lipinski definition) is 1. The van der Waals surface area contributed by atoms with Gasteiger partial charge in [0, 0.05) is 19.6 Å². The van der Waals surface area contributed by atoms with Gasteiger partial charge in [-0.2, -0.15) is 0 Å². The van der Waals surface area contributed by atoms with Crippen LogP contribution in [0, 0.1) is 5.92 Å². The van der Waals surface area contributed by atoms with Crippen LogP contribution in [0.15, 0.2) is 23.1 Å². The van der Waals surface area contributed by atoms with Crippen molar-refractivity contribution in [3.63, 3.8) is 0 Å². The molecule has 0 atom stereocenters. The Balaban J connectivity index is 1.77. The molecular formula is C19H28N2O4S. The van der Waals surface area contributed by atoms with E-state index in [1.54, 1.807) is 11.0 Å². The van der Waals surface area contributed by atoms with Gasteiger partial charge in [0.15, 0.2) is 0 Å². The Morgan fingerprint density at radius 3 is 2.50 bits per heavy atom. The van der Waals surface area contributed by atoms with Gasteiger partial charge in [0.25, 0.3) is 5.91 Å². The van der Waals surface area contributed by atoms with Crippen LogP contribution in [0.25, 0.3) is 0 Å². The molecule has 0 spiro atoms. The van der Waals surface area contributed by atoms with E-state index >= 15 is 0 Å². The molecule has 0 aromatic heterocycles. The van der Waals surface area contributed by atoms with Crippen LogP contribution in [0.5, 0.6) is 5.75 Å². The van der Waals surface area contributed by atoms with E-state index in [0.29, 0.717) is 36.9 Å². The van der Waals surface area contributed by atoms with Gasteiger partial charge in [-0.25, -0.2) is 13.1 Å². The van der Waals surface area contributed by atoms with E-state index in [9.17, 15) is 13.2 Å². The molecule has 1 amide bonds. The van der Waals surface area contributed by atoms with Gasteiger partial charge < -0.3 is 9.64 Å². The third-order valence-electron chi connectivity index (χ3n) is 5.39. The highest BCUT2D eigenvalue weighted by atomic mass is 32.2. The molecule has 1 aromatic rings. The highest BCUT2D eigenvalue weighted by Crippen LogP contribution is 2.26. The molecule has 2 aliphatic rings. The van der Waals surface area contributed by atoms with E-state index in [1.165, 1.54) is 38.5 Å². The van der Waals surface area contributed by atoms with Gasteiger partial charge in [0.05, 0.1) is 17.6 Å². The summed E-state index contributed by atoms with van der Waals surface area (Å²) in [5, 5.41) is 0. The maximum Gasteiger partial charge on any atom is 0.257 e. The smallest absolute Gasteiger partial charge is 0.257 e. The summed E-state index contributed by atoms with van der Waals surface area (Å²) in [4.78, 5) is 14.6. The zero-order chi connectivity index (χ0) is 18.6. The van der Waals surface area contributed by atoms with Crippen LogP contribution in [-0.4, -0.2) is 46.0 Å². The SMILES string of the molecule is COc1ccc(S(=O)(=O)NCC2CCCCC2)cc1C(=O)N1CCCC1. The molecule has 2 fully saturated rings. The zero-order valence-corrected chi connectivity index (χ0v) is 16.2. The van der Waals surface area contributed by atoms with Crippen LogP contribution in [0.3, 0.4) is 0 Å². The first-order valence-electron chi connectivity index (χ1n) is 9.48. The largest absolute Gasteiger partial charge is 0.496 e. The number of amides is 1. The van der Waals surface area contributed by atoms with Gasteiger partial charge in [-0.05, 0) is 49.8 Å². The van der Waals surface area contributed by atoms with E-state index in [2.05, 4.69) is 4.72 Å². The summed E-state index contributed by atoms with van der Waals surface area (Å²) in [5.41, 5.74) is 0.315. The van der Waals surface area contributed by atoms with Crippen molar-refractivity contribution in [2.24, 2.45) is 5.92 Å². The fourth-order valence-corrected chi connectivity index (χ4v) is 4.96. The lowest BCUT2D eigenvalue weighted by Gasteiger charge is -2.22. The molecule has 6 nitrogen and oxygen atoms in total. The van der Waals surface area contributed by atoms with Gasteiger partial charge in [0.1, 0.15) is 5.75 Å². The number of carbonyl (C=O) groups is 1. The number of nitrogens with zero attached hydrogens (tertiary/aromatic N) is 1. The van der Waals surface area contributed by atoms with Crippen molar-refractivity contribution in [2.45, 2.75) is 49.8 Å². The number of hydrogen-bond acceptors (Lipinski definition) is 4. The number of carbonyl (C=O) groups excluding carboxylic acids is 1. The minimum atomic E-state index is -3.64.